The van der Waals surface area contributed by atoms with E-state index in [1.807, 2.05) is 0 Å². The van der Waals surface area contributed by atoms with Crippen LogP contribution in [0.5, 0.6) is 0 Å². The Morgan fingerprint density at radius 1 is 0.714 bits per heavy atom. The van der Waals surface area contributed by atoms with Crippen molar-refractivity contribution in [3.05, 3.63) is 0 Å². The quantitative estimate of drug-likeness (QED) is 0.547. The van der Waals surface area contributed by atoms with E-state index in [9.17, 15) is 0 Å². The van der Waals surface area contributed by atoms with E-state index >= 15 is 0 Å². The Morgan fingerprint density at radius 2 is 1.14 bits per heavy atom. The second kappa shape index (κ2) is 5.06. The molecule has 4 bridgehead atoms. The summed E-state index contributed by atoms with van der Waals surface area (Å²) in [5.74, 6) is 6.76. The van der Waals surface area contributed by atoms with Crippen LogP contribution in [0.1, 0.15) is 66.2 Å². The van der Waals surface area contributed by atoms with Crippen molar-refractivity contribution in [1.82, 2.24) is 0 Å². The zero-order chi connectivity index (χ0) is 14.8. The van der Waals surface area contributed by atoms with Crippen LogP contribution in [0, 0.1) is 46.3 Å². The van der Waals surface area contributed by atoms with Crippen molar-refractivity contribution in [2.75, 3.05) is 0 Å². The molecule has 6 aliphatic carbocycles. The van der Waals surface area contributed by atoms with E-state index in [0.717, 1.165) is 46.3 Å². The van der Waals surface area contributed by atoms with Gasteiger partial charge in [-0.3, -0.25) is 0 Å². The van der Waals surface area contributed by atoms with Crippen molar-refractivity contribution < 1.29 is 17.1 Å². The van der Waals surface area contributed by atoms with E-state index in [4.69, 9.17) is 0 Å². The number of rotatable bonds is 4. The van der Waals surface area contributed by atoms with Gasteiger partial charge in [-0.25, -0.2) is 0 Å². The first-order chi connectivity index (χ1) is 9.90. The Morgan fingerprint density at radius 3 is 1.48 bits per heavy atom. The fourth-order valence-electron chi connectivity index (χ4n) is 7.26. The van der Waals surface area contributed by atoms with Crippen LogP contribution < -0.4 is 0 Å². The van der Waals surface area contributed by atoms with E-state index in [2.05, 4.69) is 27.7 Å². The summed E-state index contributed by atoms with van der Waals surface area (Å²) in [7, 11) is 0. The molecule has 0 N–H and O–H groups in total. The molecule has 0 aromatic carbocycles. The minimum atomic E-state index is -0.253. The zero-order valence-electron chi connectivity index (χ0n) is 14.8. The van der Waals surface area contributed by atoms with Crippen LogP contribution in [0.2, 0.25) is 10.0 Å². The molecule has 2 unspecified atom stereocenters. The first kappa shape index (κ1) is 15.2. The van der Waals surface area contributed by atoms with E-state index < -0.39 is 0 Å². The van der Waals surface area contributed by atoms with Crippen molar-refractivity contribution >= 4 is 0 Å². The summed E-state index contributed by atoms with van der Waals surface area (Å²) in [4.78, 5) is 0. The van der Waals surface area contributed by atoms with E-state index in [-0.39, 0.29) is 17.1 Å². The van der Waals surface area contributed by atoms with Crippen molar-refractivity contribution in [2.45, 2.75) is 76.3 Å². The molecule has 21 heavy (non-hydrogen) atoms. The van der Waals surface area contributed by atoms with Gasteiger partial charge in [0.1, 0.15) is 0 Å². The molecule has 0 aliphatic heterocycles. The maximum absolute atomic E-state index is 2.57. The van der Waals surface area contributed by atoms with E-state index in [0.29, 0.717) is 0 Å². The maximum atomic E-state index is 2.57. The average molecular weight is 340 g/mol. The average Bonchev–Trinajstić information content (AvgIpc) is 2.47. The predicted octanol–water partition coefficient (Wildman–Crippen LogP) is 6.05. The normalized spacial score (nSPS) is 48.8. The van der Waals surface area contributed by atoms with Crippen molar-refractivity contribution in [3.8, 4) is 0 Å². The fraction of sp³-hybridized carbons (Fsp3) is 1.00. The standard InChI is InChI=1S/2C10H17.Zn/c2*1-7-4-5-8-6-9(7)10(8,2)3;/h2*7-9H,1,4-6H2,2-3H3;/t2*7?,8-,9-;/m00./s1. The fourth-order valence-corrected chi connectivity index (χ4v) is 12.9. The van der Waals surface area contributed by atoms with Gasteiger partial charge in [-0.05, 0) is 0 Å². The molecule has 6 atom stereocenters. The zero-order valence-corrected chi connectivity index (χ0v) is 17.8. The molecular weight excluding hydrogens is 306 g/mol. The summed E-state index contributed by atoms with van der Waals surface area (Å²) in [6.45, 7) is 10.3. The van der Waals surface area contributed by atoms with Crippen molar-refractivity contribution in [3.63, 3.8) is 0 Å². The summed E-state index contributed by atoms with van der Waals surface area (Å²) in [5.41, 5.74) is 1.44. The second-order valence-electron chi connectivity index (χ2n) is 10.3. The van der Waals surface area contributed by atoms with Gasteiger partial charge < -0.3 is 0 Å². The molecule has 6 fully saturated rings. The van der Waals surface area contributed by atoms with Gasteiger partial charge in [0.25, 0.3) is 0 Å². The topological polar surface area (TPSA) is 0 Å². The Kier molecular flexibility index (Phi) is 3.65. The molecule has 0 aromatic heterocycles. The minimum absolute atomic E-state index is 0.253. The summed E-state index contributed by atoms with van der Waals surface area (Å²) in [6, 6.07) is 0. The summed E-state index contributed by atoms with van der Waals surface area (Å²) < 4.78 is 0. The van der Waals surface area contributed by atoms with Gasteiger partial charge in [0.2, 0.25) is 0 Å². The molecule has 0 nitrogen and oxygen atoms in total. The van der Waals surface area contributed by atoms with Gasteiger partial charge in [0.15, 0.2) is 0 Å². The number of hydrogen-bond acceptors (Lipinski definition) is 0. The molecule has 116 valence electrons. The third-order valence-electron chi connectivity index (χ3n) is 9.15. The molecule has 6 saturated carbocycles. The third kappa shape index (κ3) is 2.23. The van der Waals surface area contributed by atoms with Crippen molar-refractivity contribution in [1.29, 1.82) is 0 Å². The van der Waals surface area contributed by atoms with Crippen LogP contribution in [-0.2, 0) is 17.1 Å². The second-order valence-corrected chi connectivity index (χ2v) is 14.2. The van der Waals surface area contributed by atoms with E-state index in [1.165, 1.54) is 0 Å². The Bertz CT molecular complexity index is 368. The predicted molar refractivity (Wildman–Crippen MR) is 85.8 cm³/mol. The van der Waals surface area contributed by atoms with Crippen LogP contribution in [0.25, 0.3) is 0 Å². The molecule has 6 rings (SSSR count). The van der Waals surface area contributed by atoms with Crippen LogP contribution in [0.15, 0.2) is 0 Å². The Labute approximate surface area is 139 Å². The molecule has 0 heterocycles. The first-order valence-electron chi connectivity index (χ1n) is 9.90. The van der Waals surface area contributed by atoms with Crippen LogP contribution in [0.4, 0.5) is 0 Å². The summed E-state index contributed by atoms with van der Waals surface area (Å²) >= 11 is -0.253. The van der Waals surface area contributed by atoms with Gasteiger partial charge in [-0.15, -0.1) is 0 Å². The van der Waals surface area contributed by atoms with Crippen LogP contribution in [-0.4, -0.2) is 0 Å². The molecular formula is C20H34Zn. The molecule has 0 aromatic rings. The van der Waals surface area contributed by atoms with Gasteiger partial charge in [-0.2, -0.15) is 0 Å². The summed E-state index contributed by atoms with van der Waals surface area (Å²) in [5, 5.41) is 3.47. The van der Waals surface area contributed by atoms with Crippen molar-refractivity contribution in [2.24, 2.45) is 46.3 Å². The summed E-state index contributed by atoms with van der Waals surface area (Å²) in [6.07, 6.45) is 9.53. The first-order valence-corrected chi connectivity index (χ1v) is 14.1. The van der Waals surface area contributed by atoms with Gasteiger partial charge >= 0.3 is 140 Å². The molecule has 0 saturated heterocycles. The SMILES string of the molecule is CC1(C)[C@H]2CCC([CH2][Zn][CH2]C3CC[C@H]4C[C@@H]3C4(C)C)[C@@H]1C2. The molecule has 6 aliphatic rings. The Hall–Kier alpha value is 0.623. The van der Waals surface area contributed by atoms with E-state index in [1.54, 1.807) is 48.6 Å². The van der Waals surface area contributed by atoms with Gasteiger partial charge in [0, 0.05) is 0 Å². The number of hydrogen-bond donors (Lipinski definition) is 0. The van der Waals surface area contributed by atoms with Gasteiger partial charge in [-0.1, -0.05) is 0 Å². The monoisotopic (exact) mass is 338 g/mol. The molecule has 0 amide bonds. The van der Waals surface area contributed by atoms with Crippen LogP contribution >= 0.6 is 0 Å². The Balaban J connectivity index is 1.27. The molecule has 0 radical (unpaired) electrons. The number of fused-ring (bicyclic) bond motifs is 4. The third-order valence-corrected chi connectivity index (χ3v) is 14.0. The van der Waals surface area contributed by atoms with Crippen LogP contribution in [0.3, 0.4) is 0 Å². The molecule has 0 spiro atoms. The molecule has 1 heteroatoms. The van der Waals surface area contributed by atoms with Gasteiger partial charge in [0.05, 0.1) is 0 Å².